The lowest BCUT2D eigenvalue weighted by atomic mass is 10.1. The molecule has 3 atom stereocenters. The summed E-state index contributed by atoms with van der Waals surface area (Å²) in [6.45, 7) is 3.96. The van der Waals surface area contributed by atoms with Gasteiger partial charge < -0.3 is 33.0 Å². The van der Waals surface area contributed by atoms with Crippen LogP contribution in [0.2, 0.25) is 0 Å². The molecule has 358 valence electrons. The lowest BCUT2D eigenvalue weighted by Gasteiger charge is -2.28. The summed E-state index contributed by atoms with van der Waals surface area (Å²) in [5.41, 5.74) is 0. The maximum absolute atomic E-state index is 12.7. The number of likely N-dealkylation sites (N-methyl/N-ethyl adjacent to an activating group) is 1. The summed E-state index contributed by atoms with van der Waals surface area (Å²) in [6.07, 6.45) is 49.6. The van der Waals surface area contributed by atoms with Crippen molar-refractivity contribution in [2.24, 2.45) is 0 Å². The fraction of sp³-hybridized carbons (Fsp3) is 0.725. The predicted octanol–water partition coefficient (Wildman–Crippen LogP) is 12.5. The molecular formula is C51H90NO9P. The largest absolute Gasteiger partial charge is 0.756 e. The van der Waals surface area contributed by atoms with Crippen molar-refractivity contribution in [3.63, 3.8) is 0 Å². The maximum atomic E-state index is 12.7. The van der Waals surface area contributed by atoms with E-state index in [1.807, 2.05) is 33.3 Å². The SMILES string of the molecule is CCCCCC/C=C\C/C=C\C/C=C\CCCCCCCCC(=O)O[C@H](COC(=O)CCCC(O)/C=C/C=C/C/C=C/CCCCCCCC)COP(=O)([O-])OCC[N+](C)(C)C. The number of phosphoric ester groups is 1. The molecule has 0 heterocycles. The highest BCUT2D eigenvalue weighted by atomic mass is 31.2. The van der Waals surface area contributed by atoms with E-state index < -0.39 is 38.6 Å². The van der Waals surface area contributed by atoms with Gasteiger partial charge in [0.15, 0.2) is 6.10 Å². The fourth-order valence-electron chi connectivity index (χ4n) is 6.20. The van der Waals surface area contributed by atoms with Crippen LogP contribution in [0.5, 0.6) is 0 Å². The van der Waals surface area contributed by atoms with E-state index in [0.29, 0.717) is 30.3 Å². The van der Waals surface area contributed by atoms with Crippen LogP contribution in [0, 0.1) is 0 Å². The van der Waals surface area contributed by atoms with Crippen molar-refractivity contribution in [2.75, 3.05) is 47.5 Å². The highest BCUT2D eigenvalue weighted by Gasteiger charge is 2.22. The highest BCUT2D eigenvalue weighted by Crippen LogP contribution is 2.38. The van der Waals surface area contributed by atoms with Gasteiger partial charge in [0.1, 0.15) is 19.8 Å². The molecule has 62 heavy (non-hydrogen) atoms. The average Bonchev–Trinajstić information content (AvgIpc) is 3.22. The van der Waals surface area contributed by atoms with Crippen molar-refractivity contribution >= 4 is 19.8 Å². The van der Waals surface area contributed by atoms with Gasteiger partial charge in [0.2, 0.25) is 0 Å². The second kappa shape index (κ2) is 42.4. The van der Waals surface area contributed by atoms with Crippen LogP contribution in [0.1, 0.15) is 181 Å². The highest BCUT2D eigenvalue weighted by molar-refractivity contribution is 7.45. The number of ether oxygens (including phenoxy) is 2. The number of carbonyl (C=O) groups excluding carboxylic acids is 2. The quantitative estimate of drug-likeness (QED) is 0.0159. The van der Waals surface area contributed by atoms with Crippen LogP contribution in [0.25, 0.3) is 0 Å². The minimum atomic E-state index is -4.68. The van der Waals surface area contributed by atoms with Gasteiger partial charge in [-0.15, -0.1) is 0 Å². The number of hydrogen-bond donors (Lipinski definition) is 1. The Hall–Kier alpha value is -2.59. The van der Waals surface area contributed by atoms with Crippen molar-refractivity contribution in [1.29, 1.82) is 0 Å². The first-order valence-electron chi connectivity index (χ1n) is 24.3. The second-order valence-electron chi connectivity index (χ2n) is 17.3. The van der Waals surface area contributed by atoms with Gasteiger partial charge in [-0.3, -0.25) is 14.2 Å². The summed E-state index contributed by atoms with van der Waals surface area (Å²) >= 11 is 0. The monoisotopic (exact) mass is 892 g/mol. The van der Waals surface area contributed by atoms with E-state index >= 15 is 0 Å². The Morgan fingerprint density at radius 1 is 0.597 bits per heavy atom. The number of phosphoric acid groups is 1. The van der Waals surface area contributed by atoms with E-state index in [0.717, 1.165) is 64.2 Å². The van der Waals surface area contributed by atoms with Crippen LogP contribution in [0.15, 0.2) is 72.9 Å². The number of hydrogen-bond acceptors (Lipinski definition) is 9. The van der Waals surface area contributed by atoms with Crippen molar-refractivity contribution < 1.29 is 47.2 Å². The van der Waals surface area contributed by atoms with Crippen LogP contribution < -0.4 is 4.89 Å². The molecule has 1 N–H and O–H groups in total. The number of allylic oxidation sites excluding steroid dienone is 11. The molecule has 0 aromatic carbocycles. The summed E-state index contributed by atoms with van der Waals surface area (Å²) < 4.78 is 33.8. The Labute approximate surface area is 379 Å². The van der Waals surface area contributed by atoms with Gasteiger partial charge in [0.25, 0.3) is 7.82 Å². The van der Waals surface area contributed by atoms with Crippen LogP contribution >= 0.6 is 7.82 Å². The third-order valence-corrected chi connectivity index (χ3v) is 11.0. The van der Waals surface area contributed by atoms with Gasteiger partial charge in [0.05, 0.1) is 33.9 Å². The van der Waals surface area contributed by atoms with Gasteiger partial charge in [-0.05, 0) is 77.0 Å². The molecule has 0 spiro atoms. The van der Waals surface area contributed by atoms with E-state index in [2.05, 4.69) is 62.5 Å². The van der Waals surface area contributed by atoms with E-state index in [1.54, 1.807) is 12.2 Å². The molecule has 0 aromatic heterocycles. The number of esters is 2. The van der Waals surface area contributed by atoms with E-state index in [9.17, 15) is 24.2 Å². The molecule has 10 nitrogen and oxygen atoms in total. The summed E-state index contributed by atoms with van der Waals surface area (Å²) in [4.78, 5) is 37.7. The second-order valence-corrected chi connectivity index (χ2v) is 18.7. The molecule has 0 aliphatic rings. The Bertz CT molecular complexity index is 1300. The van der Waals surface area contributed by atoms with E-state index in [4.69, 9.17) is 18.5 Å². The number of nitrogens with zero attached hydrogens (tertiary/aromatic N) is 1. The molecule has 0 radical (unpaired) electrons. The molecule has 0 rings (SSSR count). The lowest BCUT2D eigenvalue weighted by molar-refractivity contribution is -0.870. The normalized spacial score (nSPS) is 14.6. The average molecular weight is 892 g/mol. The molecule has 0 saturated carbocycles. The minimum absolute atomic E-state index is 0.0465. The number of quaternary nitrogens is 1. The molecule has 0 aromatic rings. The zero-order chi connectivity index (χ0) is 45.8. The molecule has 2 unspecified atom stereocenters. The Morgan fingerprint density at radius 3 is 1.65 bits per heavy atom. The summed E-state index contributed by atoms with van der Waals surface area (Å²) in [5.74, 6) is -1.05. The topological polar surface area (TPSA) is 131 Å². The van der Waals surface area contributed by atoms with Crippen molar-refractivity contribution in [3.8, 4) is 0 Å². The molecular weight excluding hydrogens is 802 g/mol. The fourth-order valence-corrected chi connectivity index (χ4v) is 6.93. The smallest absolute Gasteiger partial charge is 0.306 e. The third-order valence-electron chi connectivity index (χ3n) is 10.1. The molecule has 0 aliphatic heterocycles. The maximum Gasteiger partial charge on any atom is 0.306 e. The molecule has 0 amide bonds. The molecule has 0 saturated heterocycles. The number of aliphatic hydroxyl groups excluding tert-OH is 1. The molecule has 11 heteroatoms. The van der Waals surface area contributed by atoms with Crippen molar-refractivity contribution in [1.82, 2.24) is 0 Å². The van der Waals surface area contributed by atoms with Crippen LogP contribution in [0.3, 0.4) is 0 Å². The number of rotatable bonds is 43. The molecule has 0 bridgehead atoms. The Balaban J connectivity index is 4.51. The minimum Gasteiger partial charge on any atom is -0.756 e. The summed E-state index contributed by atoms with van der Waals surface area (Å²) in [5, 5.41) is 10.3. The van der Waals surface area contributed by atoms with Gasteiger partial charge in [0, 0.05) is 12.8 Å². The van der Waals surface area contributed by atoms with Crippen molar-refractivity contribution in [3.05, 3.63) is 72.9 Å². The number of unbranched alkanes of at least 4 members (excludes halogenated alkanes) is 16. The lowest BCUT2D eigenvalue weighted by Crippen LogP contribution is -2.37. The zero-order valence-corrected chi connectivity index (χ0v) is 40.8. The first kappa shape index (κ1) is 59.4. The van der Waals surface area contributed by atoms with E-state index in [1.165, 1.54) is 70.6 Å². The molecule has 0 fully saturated rings. The first-order chi connectivity index (χ1) is 29.9. The Kier molecular flexibility index (Phi) is 40.6. The van der Waals surface area contributed by atoms with Gasteiger partial charge in [-0.1, -0.05) is 164 Å². The predicted molar refractivity (Wildman–Crippen MR) is 255 cm³/mol. The van der Waals surface area contributed by atoms with Gasteiger partial charge in [-0.25, -0.2) is 0 Å². The standard InChI is InChI=1S/C51H90NO9P/c1-6-8-10-12-14-16-18-20-21-22-23-24-25-26-28-30-32-34-36-38-42-51(55)61-49(47-60-62(56,57)59-45-44-52(3,4)5)46-58-50(54)43-39-41-48(53)40-37-35-33-31-29-27-19-17-15-13-11-9-7-2/h16,18,21-22,24-25,27,29,33,35,37,40,48-49,53H,6-15,17,19-20,23,26,28,30-32,34,36,38-39,41-47H2,1-5H3/b18-16-,22-21-,25-24-,29-27+,35-33+,40-37+/t48?,49-/m1/s1. The zero-order valence-electron chi connectivity index (χ0n) is 39.9. The van der Waals surface area contributed by atoms with Gasteiger partial charge in [-0.2, -0.15) is 0 Å². The van der Waals surface area contributed by atoms with Crippen LogP contribution in [-0.4, -0.2) is 81.2 Å². The number of carbonyl (C=O) groups is 2. The summed E-state index contributed by atoms with van der Waals surface area (Å²) in [7, 11) is 1.05. The van der Waals surface area contributed by atoms with Gasteiger partial charge >= 0.3 is 11.9 Å². The summed E-state index contributed by atoms with van der Waals surface area (Å²) in [6, 6.07) is 0. The first-order valence-corrected chi connectivity index (χ1v) is 25.7. The number of aliphatic hydroxyl groups is 1. The molecule has 0 aliphatic carbocycles. The van der Waals surface area contributed by atoms with Crippen LogP contribution in [0.4, 0.5) is 0 Å². The Morgan fingerprint density at radius 2 is 1.08 bits per heavy atom. The third kappa shape index (κ3) is 45.4. The van der Waals surface area contributed by atoms with E-state index in [-0.39, 0.29) is 26.1 Å². The van der Waals surface area contributed by atoms with Crippen molar-refractivity contribution in [2.45, 2.75) is 193 Å². The van der Waals surface area contributed by atoms with Crippen LogP contribution in [-0.2, 0) is 32.7 Å².